The summed E-state index contributed by atoms with van der Waals surface area (Å²) in [7, 11) is 3.95. The van der Waals surface area contributed by atoms with E-state index in [1.54, 1.807) is 0 Å². The van der Waals surface area contributed by atoms with Gasteiger partial charge in [-0.1, -0.05) is 30.3 Å². The minimum atomic E-state index is -0.578. The molecule has 1 aromatic rings. The second-order valence-electron chi connectivity index (χ2n) is 4.47. The maximum absolute atomic E-state index is 11.8. The highest BCUT2D eigenvalue weighted by Crippen LogP contribution is 2.16. The summed E-state index contributed by atoms with van der Waals surface area (Å²) in [4.78, 5) is 13.9. The first-order valence-electron chi connectivity index (χ1n) is 6.12. The molecule has 0 unspecified atom stereocenters. The Morgan fingerprint density at radius 1 is 1.33 bits per heavy atom. The molecule has 1 atom stereocenters. The van der Waals surface area contributed by atoms with Gasteiger partial charge < -0.3 is 14.7 Å². The van der Waals surface area contributed by atoms with Gasteiger partial charge in [0, 0.05) is 6.54 Å². The van der Waals surface area contributed by atoms with Crippen molar-refractivity contribution < 1.29 is 14.6 Å². The van der Waals surface area contributed by atoms with E-state index in [-0.39, 0.29) is 12.6 Å². The molecule has 0 fully saturated rings. The van der Waals surface area contributed by atoms with E-state index in [4.69, 9.17) is 4.74 Å². The Bertz CT molecular complexity index is 351. The van der Waals surface area contributed by atoms with Crippen molar-refractivity contribution in [3.63, 3.8) is 0 Å². The Morgan fingerprint density at radius 3 is 2.56 bits per heavy atom. The third-order valence-electron chi connectivity index (χ3n) is 2.66. The quantitative estimate of drug-likeness (QED) is 0.585. The van der Waals surface area contributed by atoms with Gasteiger partial charge in [-0.3, -0.25) is 4.79 Å². The van der Waals surface area contributed by atoms with Crippen LogP contribution in [0.5, 0.6) is 0 Å². The molecular formula is C14H21NO3. The Morgan fingerprint density at radius 2 is 2.00 bits per heavy atom. The molecule has 0 radical (unpaired) electrons. The average Bonchev–Trinajstić information content (AvgIpc) is 2.36. The minimum absolute atomic E-state index is 0.226. The van der Waals surface area contributed by atoms with Crippen molar-refractivity contribution in [1.29, 1.82) is 0 Å². The second-order valence-corrected chi connectivity index (χ2v) is 4.47. The fourth-order valence-electron chi connectivity index (χ4n) is 1.66. The summed E-state index contributed by atoms with van der Waals surface area (Å²) in [6, 6.07) is 9.21. The third-order valence-corrected chi connectivity index (χ3v) is 2.66. The molecule has 0 aromatic heterocycles. The Labute approximate surface area is 108 Å². The number of aliphatic hydroxyl groups is 1. The zero-order chi connectivity index (χ0) is 13.4. The first kappa shape index (κ1) is 14.7. The van der Waals surface area contributed by atoms with Crippen molar-refractivity contribution in [3.8, 4) is 0 Å². The molecule has 0 amide bonds. The summed E-state index contributed by atoms with van der Waals surface area (Å²) >= 11 is 0. The van der Waals surface area contributed by atoms with Crippen molar-refractivity contribution in [2.45, 2.75) is 12.3 Å². The number of hydrogen-bond acceptors (Lipinski definition) is 4. The number of rotatable bonds is 7. The van der Waals surface area contributed by atoms with Gasteiger partial charge >= 0.3 is 5.97 Å². The highest BCUT2D eigenvalue weighted by atomic mass is 16.5. The van der Waals surface area contributed by atoms with Crippen LogP contribution in [0.4, 0.5) is 0 Å². The lowest BCUT2D eigenvalue weighted by molar-refractivity contribution is -0.146. The molecule has 0 saturated carbocycles. The standard InChI is InChI=1S/C14H21NO3/c1-15(2)9-6-10-18-14(17)13(11-16)12-7-4-3-5-8-12/h3-5,7-8,13,16H,6,9-11H2,1-2H3/t13-/m1/s1. The predicted molar refractivity (Wildman–Crippen MR) is 70.4 cm³/mol. The molecule has 1 rings (SSSR count). The zero-order valence-corrected chi connectivity index (χ0v) is 11.0. The van der Waals surface area contributed by atoms with Crippen molar-refractivity contribution in [1.82, 2.24) is 4.90 Å². The summed E-state index contributed by atoms with van der Waals surface area (Å²) in [6.45, 7) is 1.04. The number of nitrogens with zero attached hydrogens (tertiary/aromatic N) is 1. The lowest BCUT2D eigenvalue weighted by Crippen LogP contribution is -2.21. The summed E-state index contributed by atoms with van der Waals surface area (Å²) in [5.41, 5.74) is 0.789. The number of aliphatic hydroxyl groups excluding tert-OH is 1. The van der Waals surface area contributed by atoms with Crippen molar-refractivity contribution in [2.75, 3.05) is 33.9 Å². The van der Waals surface area contributed by atoms with E-state index in [1.807, 2.05) is 49.3 Å². The van der Waals surface area contributed by atoms with Gasteiger partial charge in [-0.25, -0.2) is 0 Å². The monoisotopic (exact) mass is 251 g/mol. The van der Waals surface area contributed by atoms with Gasteiger partial charge in [-0.15, -0.1) is 0 Å². The van der Waals surface area contributed by atoms with E-state index in [0.717, 1.165) is 18.5 Å². The molecular weight excluding hydrogens is 230 g/mol. The highest BCUT2D eigenvalue weighted by molar-refractivity contribution is 5.78. The summed E-state index contributed by atoms with van der Waals surface area (Å²) < 4.78 is 5.17. The first-order chi connectivity index (χ1) is 8.65. The summed E-state index contributed by atoms with van der Waals surface area (Å²) in [5.74, 6) is -0.937. The van der Waals surface area contributed by atoms with Crippen LogP contribution < -0.4 is 0 Å². The topological polar surface area (TPSA) is 49.8 Å². The number of hydrogen-bond donors (Lipinski definition) is 1. The summed E-state index contributed by atoms with van der Waals surface area (Å²) in [5, 5.41) is 9.29. The molecule has 100 valence electrons. The van der Waals surface area contributed by atoms with Crippen LogP contribution in [0.1, 0.15) is 17.9 Å². The van der Waals surface area contributed by atoms with Crippen LogP contribution in [0.15, 0.2) is 30.3 Å². The molecule has 1 aromatic carbocycles. The van der Waals surface area contributed by atoms with E-state index in [1.165, 1.54) is 0 Å². The Balaban J connectivity index is 2.43. The number of benzene rings is 1. The smallest absolute Gasteiger partial charge is 0.315 e. The summed E-state index contributed by atoms with van der Waals surface area (Å²) in [6.07, 6.45) is 0.797. The molecule has 0 spiro atoms. The van der Waals surface area contributed by atoms with Gasteiger partial charge in [0.2, 0.25) is 0 Å². The van der Waals surface area contributed by atoms with Gasteiger partial charge in [-0.05, 0) is 26.1 Å². The maximum atomic E-state index is 11.8. The van der Waals surface area contributed by atoms with Crippen molar-refractivity contribution in [2.24, 2.45) is 0 Å². The lowest BCUT2D eigenvalue weighted by Gasteiger charge is -2.14. The zero-order valence-electron chi connectivity index (χ0n) is 11.0. The van der Waals surface area contributed by atoms with Gasteiger partial charge in [0.15, 0.2) is 0 Å². The number of carbonyl (C=O) groups excluding carboxylic acids is 1. The second kappa shape index (κ2) is 7.84. The van der Waals surface area contributed by atoms with E-state index in [9.17, 15) is 9.90 Å². The van der Waals surface area contributed by atoms with Crippen LogP contribution in [0.3, 0.4) is 0 Å². The number of carbonyl (C=O) groups is 1. The van der Waals surface area contributed by atoms with Crippen LogP contribution >= 0.6 is 0 Å². The Hall–Kier alpha value is -1.39. The predicted octanol–water partition coefficient (Wildman–Crippen LogP) is 1.26. The SMILES string of the molecule is CN(C)CCCOC(=O)[C@H](CO)c1ccccc1. The Kier molecular flexibility index (Phi) is 6.39. The molecule has 0 aliphatic carbocycles. The molecule has 0 bridgehead atoms. The molecule has 4 heteroatoms. The van der Waals surface area contributed by atoms with Crippen molar-refractivity contribution >= 4 is 5.97 Å². The highest BCUT2D eigenvalue weighted by Gasteiger charge is 2.20. The molecule has 4 nitrogen and oxygen atoms in total. The van der Waals surface area contributed by atoms with E-state index in [2.05, 4.69) is 0 Å². The van der Waals surface area contributed by atoms with Gasteiger partial charge in [0.1, 0.15) is 5.92 Å². The van der Waals surface area contributed by atoms with Crippen LogP contribution in [0, 0.1) is 0 Å². The first-order valence-corrected chi connectivity index (χ1v) is 6.12. The largest absolute Gasteiger partial charge is 0.465 e. The molecule has 0 heterocycles. The van der Waals surface area contributed by atoms with Crippen molar-refractivity contribution in [3.05, 3.63) is 35.9 Å². The number of ether oxygens (including phenoxy) is 1. The molecule has 0 saturated heterocycles. The molecule has 0 aliphatic rings. The van der Waals surface area contributed by atoms with Crippen LogP contribution in [-0.2, 0) is 9.53 Å². The van der Waals surface area contributed by atoms with Crippen LogP contribution in [0.25, 0.3) is 0 Å². The van der Waals surface area contributed by atoms with E-state index < -0.39 is 5.92 Å². The maximum Gasteiger partial charge on any atom is 0.315 e. The minimum Gasteiger partial charge on any atom is -0.465 e. The van der Waals surface area contributed by atoms with Gasteiger partial charge in [-0.2, -0.15) is 0 Å². The van der Waals surface area contributed by atoms with Crippen LogP contribution in [-0.4, -0.2) is 49.8 Å². The van der Waals surface area contributed by atoms with E-state index >= 15 is 0 Å². The third kappa shape index (κ3) is 4.85. The van der Waals surface area contributed by atoms with Gasteiger partial charge in [0.05, 0.1) is 13.2 Å². The average molecular weight is 251 g/mol. The van der Waals surface area contributed by atoms with Gasteiger partial charge in [0.25, 0.3) is 0 Å². The molecule has 18 heavy (non-hydrogen) atoms. The number of esters is 1. The van der Waals surface area contributed by atoms with Crippen LogP contribution in [0.2, 0.25) is 0 Å². The normalized spacial score (nSPS) is 12.4. The fourth-order valence-corrected chi connectivity index (χ4v) is 1.66. The fraction of sp³-hybridized carbons (Fsp3) is 0.500. The van der Waals surface area contributed by atoms with E-state index in [0.29, 0.717) is 6.61 Å². The molecule has 0 aliphatic heterocycles. The lowest BCUT2D eigenvalue weighted by atomic mass is 10.0. The molecule has 1 N–H and O–H groups in total.